The largest absolute Gasteiger partial charge is 0.418 e. The first-order chi connectivity index (χ1) is 14.2. The zero-order valence-electron chi connectivity index (χ0n) is 15.5. The molecule has 0 radical (unpaired) electrons. The standard InChI is InChI=1S/C20H14F4N6/c1-11-13(10-25)19(27-12-6-3-2-4-7-12)28-18(26)16(11)29-30-17-14(20(22,23)24)8-5-9-15(17)21/h2-9H,1H3,(H3,26,27,28)/b30-29+. The molecule has 1 aromatic heterocycles. The molecule has 0 aliphatic heterocycles. The van der Waals surface area contributed by atoms with Crippen LogP contribution in [-0.4, -0.2) is 4.98 Å². The molecule has 3 aromatic rings. The molecule has 0 aliphatic carbocycles. The van der Waals surface area contributed by atoms with Crippen LogP contribution in [0, 0.1) is 24.1 Å². The van der Waals surface area contributed by atoms with E-state index in [4.69, 9.17) is 5.73 Å². The van der Waals surface area contributed by atoms with Crippen LogP contribution in [0.1, 0.15) is 16.7 Å². The molecule has 2 aromatic carbocycles. The average Bonchev–Trinajstić information content (AvgIpc) is 2.69. The Morgan fingerprint density at radius 2 is 1.70 bits per heavy atom. The number of halogens is 4. The van der Waals surface area contributed by atoms with Crippen molar-refractivity contribution >= 4 is 28.7 Å². The molecule has 30 heavy (non-hydrogen) atoms. The van der Waals surface area contributed by atoms with E-state index in [1.807, 2.05) is 12.1 Å². The monoisotopic (exact) mass is 414 g/mol. The lowest BCUT2D eigenvalue weighted by molar-refractivity contribution is -0.137. The van der Waals surface area contributed by atoms with Gasteiger partial charge in [0.25, 0.3) is 0 Å². The quantitative estimate of drug-likeness (QED) is 0.394. The minimum atomic E-state index is -4.82. The first-order valence-electron chi connectivity index (χ1n) is 8.52. The number of nitrogen functional groups attached to an aromatic ring is 1. The van der Waals surface area contributed by atoms with Crippen LogP contribution in [0.25, 0.3) is 0 Å². The van der Waals surface area contributed by atoms with Gasteiger partial charge in [0.2, 0.25) is 0 Å². The van der Waals surface area contributed by atoms with Gasteiger partial charge < -0.3 is 11.1 Å². The zero-order chi connectivity index (χ0) is 21.9. The summed E-state index contributed by atoms with van der Waals surface area (Å²) in [5.74, 6) is -1.22. The number of nitrogens with two attached hydrogens (primary N) is 1. The Balaban J connectivity index is 2.06. The second kappa shape index (κ2) is 8.16. The molecule has 10 heteroatoms. The van der Waals surface area contributed by atoms with Crippen molar-refractivity contribution in [3.05, 3.63) is 71.0 Å². The summed E-state index contributed by atoms with van der Waals surface area (Å²) >= 11 is 0. The molecule has 0 bridgehead atoms. The number of hydrogen-bond donors (Lipinski definition) is 2. The molecule has 3 N–H and O–H groups in total. The van der Waals surface area contributed by atoms with Crippen molar-refractivity contribution in [2.45, 2.75) is 13.1 Å². The number of azo groups is 1. The van der Waals surface area contributed by atoms with E-state index in [-0.39, 0.29) is 28.5 Å². The number of aromatic nitrogens is 1. The van der Waals surface area contributed by atoms with Crippen molar-refractivity contribution < 1.29 is 17.6 Å². The number of anilines is 3. The summed E-state index contributed by atoms with van der Waals surface area (Å²) in [5.41, 5.74) is 4.47. The molecule has 0 atom stereocenters. The predicted octanol–water partition coefficient (Wildman–Crippen LogP) is 6.16. The van der Waals surface area contributed by atoms with Gasteiger partial charge in [-0.05, 0) is 31.2 Å². The molecule has 1 heterocycles. The van der Waals surface area contributed by atoms with Crippen LogP contribution in [0.15, 0.2) is 58.8 Å². The molecule has 6 nitrogen and oxygen atoms in total. The Labute approximate surface area is 168 Å². The Bertz CT molecular complexity index is 1150. The molecular formula is C20H14F4N6. The van der Waals surface area contributed by atoms with Gasteiger partial charge in [-0.1, -0.05) is 24.3 Å². The highest BCUT2D eigenvalue weighted by atomic mass is 19.4. The maximum atomic E-state index is 14.0. The highest BCUT2D eigenvalue weighted by Crippen LogP contribution is 2.39. The third-order valence-electron chi connectivity index (χ3n) is 4.13. The summed E-state index contributed by atoms with van der Waals surface area (Å²) < 4.78 is 53.4. The van der Waals surface area contributed by atoms with Gasteiger partial charge in [-0.3, -0.25) is 0 Å². The summed E-state index contributed by atoms with van der Waals surface area (Å²) in [7, 11) is 0. The summed E-state index contributed by atoms with van der Waals surface area (Å²) in [6.07, 6.45) is -4.82. The number of rotatable bonds is 4. The molecule has 0 saturated carbocycles. The fourth-order valence-electron chi connectivity index (χ4n) is 2.67. The number of pyridine rings is 1. The number of para-hydroxylation sites is 1. The maximum absolute atomic E-state index is 14.0. The van der Waals surface area contributed by atoms with E-state index in [9.17, 15) is 22.8 Å². The van der Waals surface area contributed by atoms with Crippen molar-refractivity contribution in [1.29, 1.82) is 5.26 Å². The normalized spacial score (nSPS) is 11.5. The summed E-state index contributed by atoms with van der Waals surface area (Å²) in [4.78, 5) is 4.08. The van der Waals surface area contributed by atoms with Crippen molar-refractivity contribution in [3.8, 4) is 6.07 Å². The maximum Gasteiger partial charge on any atom is 0.418 e. The first-order valence-corrected chi connectivity index (χ1v) is 8.52. The molecule has 0 saturated heterocycles. The summed E-state index contributed by atoms with van der Waals surface area (Å²) in [5, 5.41) is 19.6. The lowest BCUT2D eigenvalue weighted by Gasteiger charge is -2.13. The van der Waals surface area contributed by atoms with E-state index in [0.29, 0.717) is 11.8 Å². The van der Waals surface area contributed by atoms with E-state index in [2.05, 4.69) is 20.5 Å². The Hall–Kier alpha value is -4.00. The van der Waals surface area contributed by atoms with Crippen molar-refractivity contribution in [1.82, 2.24) is 4.98 Å². The summed E-state index contributed by atoms with van der Waals surface area (Å²) in [6.45, 7) is 1.49. The summed E-state index contributed by atoms with van der Waals surface area (Å²) in [6, 6.07) is 13.3. The molecule has 0 amide bonds. The number of benzene rings is 2. The molecule has 0 fully saturated rings. The van der Waals surface area contributed by atoms with Crippen LogP contribution in [-0.2, 0) is 6.18 Å². The van der Waals surface area contributed by atoms with E-state index < -0.39 is 23.2 Å². The third-order valence-corrected chi connectivity index (χ3v) is 4.13. The number of nitrogens with zero attached hydrogens (tertiary/aromatic N) is 4. The molecule has 0 spiro atoms. The van der Waals surface area contributed by atoms with Gasteiger partial charge in [0, 0.05) is 11.3 Å². The van der Waals surface area contributed by atoms with Gasteiger partial charge in [0.15, 0.2) is 17.5 Å². The molecular weight excluding hydrogens is 400 g/mol. The van der Waals surface area contributed by atoms with E-state index in [1.165, 1.54) is 6.92 Å². The smallest absolute Gasteiger partial charge is 0.382 e. The SMILES string of the molecule is Cc1c(C#N)c(Nc2ccccc2)nc(N)c1/N=N/c1c(F)cccc1C(F)(F)F. The highest BCUT2D eigenvalue weighted by Gasteiger charge is 2.35. The van der Waals surface area contributed by atoms with Crippen LogP contribution in [0.5, 0.6) is 0 Å². The van der Waals surface area contributed by atoms with E-state index in [0.717, 1.165) is 12.1 Å². The Morgan fingerprint density at radius 3 is 2.33 bits per heavy atom. The fourth-order valence-corrected chi connectivity index (χ4v) is 2.67. The second-order valence-electron chi connectivity index (χ2n) is 6.13. The number of nitriles is 1. The van der Waals surface area contributed by atoms with Gasteiger partial charge in [0.05, 0.1) is 11.1 Å². The van der Waals surface area contributed by atoms with Gasteiger partial charge in [-0.15, -0.1) is 10.2 Å². The van der Waals surface area contributed by atoms with Crippen LogP contribution < -0.4 is 11.1 Å². The lowest BCUT2D eigenvalue weighted by atomic mass is 10.1. The average molecular weight is 414 g/mol. The molecule has 0 unspecified atom stereocenters. The van der Waals surface area contributed by atoms with Crippen LogP contribution in [0.2, 0.25) is 0 Å². The topological polar surface area (TPSA) is 99.5 Å². The molecule has 0 aliphatic rings. The van der Waals surface area contributed by atoms with Crippen molar-refractivity contribution in [2.24, 2.45) is 10.2 Å². The Kier molecular flexibility index (Phi) is 5.64. The van der Waals surface area contributed by atoms with Crippen LogP contribution in [0.3, 0.4) is 0 Å². The minimum absolute atomic E-state index is 0.0755. The second-order valence-corrected chi connectivity index (χ2v) is 6.13. The number of alkyl halides is 3. The predicted molar refractivity (Wildman–Crippen MR) is 103 cm³/mol. The molecule has 3 rings (SSSR count). The number of hydrogen-bond acceptors (Lipinski definition) is 6. The van der Waals surface area contributed by atoms with Gasteiger partial charge in [0.1, 0.15) is 17.4 Å². The van der Waals surface area contributed by atoms with Crippen molar-refractivity contribution in [2.75, 3.05) is 11.1 Å². The lowest BCUT2D eigenvalue weighted by Crippen LogP contribution is -2.06. The first kappa shape index (κ1) is 20.7. The van der Waals surface area contributed by atoms with Gasteiger partial charge >= 0.3 is 6.18 Å². The van der Waals surface area contributed by atoms with Crippen molar-refractivity contribution in [3.63, 3.8) is 0 Å². The highest BCUT2D eigenvalue weighted by molar-refractivity contribution is 5.75. The van der Waals surface area contributed by atoms with E-state index in [1.54, 1.807) is 24.3 Å². The Morgan fingerprint density at radius 1 is 1.03 bits per heavy atom. The zero-order valence-corrected chi connectivity index (χ0v) is 15.5. The third kappa shape index (κ3) is 4.20. The number of nitrogens with one attached hydrogen (secondary N) is 1. The van der Waals surface area contributed by atoms with Crippen LogP contribution >= 0.6 is 0 Å². The minimum Gasteiger partial charge on any atom is -0.382 e. The van der Waals surface area contributed by atoms with Gasteiger partial charge in [-0.2, -0.15) is 18.4 Å². The fraction of sp³-hybridized carbons (Fsp3) is 0.100. The van der Waals surface area contributed by atoms with Crippen LogP contribution in [0.4, 0.5) is 46.3 Å². The van der Waals surface area contributed by atoms with E-state index >= 15 is 0 Å². The molecule has 152 valence electrons. The van der Waals surface area contributed by atoms with Gasteiger partial charge in [-0.25, -0.2) is 9.37 Å².